The van der Waals surface area contributed by atoms with Gasteiger partial charge in [0.05, 0.1) is 34.2 Å². The van der Waals surface area contributed by atoms with Crippen LogP contribution in [0.3, 0.4) is 0 Å². The Hall–Kier alpha value is -3.48. The average molecular weight is 511 g/mol. The highest BCUT2D eigenvalue weighted by Gasteiger charge is 2.47. The zero-order valence-corrected chi connectivity index (χ0v) is 19.6. The quantitative estimate of drug-likeness (QED) is 0.385. The summed E-state index contributed by atoms with van der Waals surface area (Å²) in [7, 11) is -3.81. The lowest BCUT2D eigenvalue weighted by Crippen LogP contribution is -2.38. The van der Waals surface area contributed by atoms with Gasteiger partial charge in [0.2, 0.25) is 10.0 Å². The van der Waals surface area contributed by atoms with Crippen molar-refractivity contribution in [3.63, 3.8) is 0 Å². The molecule has 0 bridgehead atoms. The molecule has 1 N–H and O–H groups in total. The summed E-state index contributed by atoms with van der Waals surface area (Å²) < 4.78 is 101. The van der Waals surface area contributed by atoms with Gasteiger partial charge >= 0.3 is 6.18 Å². The van der Waals surface area contributed by atoms with Crippen molar-refractivity contribution in [2.24, 2.45) is 0 Å². The van der Waals surface area contributed by atoms with Gasteiger partial charge in [-0.2, -0.15) is 13.2 Å². The van der Waals surface area contributed by atoms with Gasteiger partial charge in [0.15, 0.2) is 17.5 Å². The fourth-order valence-corrected chi connectivity index (χ4v) is 5.39. The topological polar surface area (TPSA) is 81.8 Å². The normalized spacial score (nSPS) is 15.1. The third kappa shape index (κ3) is 3.24. The zero-order valence-electron chi connectivity index (χ0n) is 18.8. The molecule has 0 saturated carbocycles. The summed E-state index contributed by atoms with van der Waals surface area (Å²) >= 11 is 0. The highest BCUT2D eigenvalue weighted by Crippen LogP contribution is 2.51. The Morgan fingerprint density at radius 2 is 1.74 bits per heavy atom. The monoisotopic (exact) mass is 511 g/mol. The largest absolute Gasteiger partial charge is 0.419 e. The van der Waals surface area contributed by atoms with Gasteiger partial charge in [-0.1, -0.05) is 12.1 Å². The summed E-state index contributed by atoms with van der Waals surface area (Å²) in [4.78, 5) is 0. The standard InChI is InChI=1S/C22H18F5N5O2S/c1-10-29-30-20-21(2,3)28-18-17(24)16(23)14(15(22(25,26)27)19(18)32(10)20)12-6-5-7-13-11(12)8-9-31(13)35(4,33)34/h5-9,28H,1-4H3. The Balaban J connectivity index is 1.98. The maximum absolute atomic E-state index is 15.6. The molecule has 1 aliphatic rings. The van der Waals surface area contributed by atoms with Crippen molar-refractivity contribution in [3.8, 4) is 16.8 Å². The first kappa shape index (κ1) is 23.3. The van der Waals surface area contributed by atoms with Crippen LogP contribution in [-0.2, 0) is 21.7 Å². The fourth-order valence-electron chi connectivity index (χ4n) is 4.60. The van der Waals surface area contributed by atoms with Crippen LogP contribution in [0.2, 0.25) is 0 Å². The number of anilines is 1. The molecule has 7 nitrogen and oxygen atoms in total. The van der Waals surface area contributed by atoms with Crippen LogP contribution in [0, 0.1) is 18.6 Å². The Kier molecular flexibility index (Phi) is 4.67. The van der Waals surface area contributed by atoms with E-state index in [1.807, 2.05) is 0 Å². The molecule has 35 heavy (non-hydrogen) atoms. The zero-order chi connectivity index (χ0) is 25.7. The van der Waals surface area contributed by atoms with E-state index in [9.17, 15) is 21.6 Å². The minimum atomic E-state index is -5.13. The molecular formula is C22H18F5N5O2S. The molecule has 0 fully saturated rings. The fraction of sp³-hybridized carbons (Fsp3) is 0.273. The van der Waals surface area contributed by atoms with Crippen LogP contribution in [0.25, 0.3) is 27.7 Å². The molecule has 0 spiro atoms. The molecule has 2 aromatic heterocycles. The number of fused-ring (bicyclic) bond motifs is 4. The number of nitrogens with one attached hydrogen (secondary N) is 1. The van der Waals surface area contributed by atoms with E-state index in [0.29, 0.717) is 0 Å². The maximum Gasteiger partial charge on any atom is 0.419 e. The van der Waals surface area contributed by atoms with Crippen LogP contribution < -0.4 is 5.32 Å². The van der Waals surface area contributed by atoms with Gasteiger partial charge in [-0.05, 0) is 38.5 Å². The van der Waals surface area contributed by atoms with Gasteiger partial charge in [-0.25, -0.2) is 21.2 Å². The van der Waals surface area contributed by atoms with Gasteiger partial charge < -0.3 is 5.32 Å². The third-order valence-corrected chi connectivity index (χ3v) is 7.04. The number of aromatic nitrogens is 4. The molecule has 0 amide bonds. The van der Waals surface area contributed by atoms with Crippen molar-refractivity contribution < 1.29 is 30.4 Å². The summed E-state index contributed by atoms with van der Waals surface area (Å²) in [5.74, 6) is -3.08. The number of benzene rings is 2. The third-order valence-electron chi connectivity index (χ3n) is 6.01. The molecule has 5 rings (SSSR count). The predicted octanol–water partition coefficient (Wildman–Crippen LogP) is 4.96. The van der Waals surface area contributed by atoms with Crippen molar-refractivity contribution in [1.82, 2.24) is 18.7 Å². The van der Waals surface area contributed by atoms with E-state index in [-0.39, 0.29) is 28.1 Å². The Labute approximate surface area is 196 Å². The minimum absolute atomic E-state index is 0.00600. The summed E-state index contributed by atoms with van der Waals surface area (Å²) in [6, 6.07) is 5.09. The molecule has 4 aromatic rings. The van der Waals surface area contributed by atoms with E-state index in [2.05, 4.69) is 15.5 Å². The second-order valence-electron chi connectivity index (χ2n) is 8.87. The van der Waals surface area contributed by atoms with Crippen molar-refractivity contribution in [3.05, 3.63) is 59.3 Å². The van der Waals surface area contributed by atoms with Crippen molar-refractivity contribution in [2.75, 3.05) is 11.6 Å². The number of rotatable bonds is 2. The number of nitrogens with zero attached hydrogens (tertiary/aromatic N) is 4. The molecule has 2 aromatic carbocycles. The van der Waals surface area contributed by atoms with Gasteiger partial charge in [0.1, 0.15) is 5.82 Å². The van der Waals surface area contributed by atoms with E-state index in [4.69, 9.17) is 0 Å². The number of alkyl halides is 3. The minimum Gasteiger partial charge on any atom is -0.369 e. The average Bonchev–Trinajstić information content (AvgIpc) is 3.34. The molecule has 0 radical (unpaired) electrons. The van der Waals surface area contributed by atoms with Gasteiger partial charge in [-0.3, -0.25) is 4.57 Å². The number of hydrogen-bond acceptors (Lipinski definition) is 5. The molecule has 1 aliphatic heterocycles. The van der Waals surface area contributed by atoms with E-state index < -0.39 is 55.9 Å². The lowest BCUT2D eigenvalue weighted by molar-refractivity contribution is -0.137. The Morgan fingerprint density at radius 3 is 2.37 bits per heavy atom. The second kappa shape index (κ2) is 7.03. The second-order valence-corrected chi connectivity index (χ2v) is 10.7. The van der Waals surface area contributed by atoms with Crippen LogP contribution >= 0.6 is 0 Å². The SMILES string of the molecule is Cc1nnc2n1-c1c(c(F)c(F)c(-c3cccc4c3ccn4S(C)(=O)=O)c1C(F)(F)F)NC2(C)C. The van der Waals surface area contributed by atoms with Crippen LogP contribution in [0.5, 0.6) is 0 Å². The summed E-state index contributed by atoms with van der Waals surface area (Å²) in [5, 5.41) is 10.5. The van der Waals surface area contributed by atoms with Crippen LogP contribution in [0.15, 0.2) is 30.5 Å². The molecule has 0 saturated heterocycles. The highest BCUT2D eigenvalue weighted by atomic mass is 32.2. The first-order valence-corrected chi connectivity index (χ1v) is 12.1. The first-order chi connectivity index (χ1) is 16.1. The van der Waals surface area contributed by atoms with E-state index in [1.54, 1.807) is 13.8 Å². The summed E-state index contributed by atoms with van der Waals surface area (Å²) in [6.45, 7) is 4.53. The summed E-state index contributed by atoms with van der Waals surface area (Å²) in [6.07, 6.45) is -3.06. The van der Waals surface area contributed by atoms with Crippen molar-refractivity contribution >= 4 is 26.6 Å². The van der Waals surface area contributed by atoms with Crippen LogP contribution in [0.4, 0.5) is 27.6 Å². The van der Waals surface area contributed by atoms with Gasteiger partial charge in [-0.15, -0.1) is 10.2 Å². The molecule has 13 heteroatoms. The number of aryl methyl sites for hydroxylation is 1. The van der Waals surface area contributed by atoms with Crippen LogP contribution in [0.1, 0.15) is 31.1 Å². The van der Waals surface area contributed by atoms with E-state index >= 15 is 8.78 Å². The molecular weight excluding hydrogens is 493 g/mol. The number of hydrogen-bond donors (Lipinski definition) is 1. The number of halogens is 5. The predicted molar refractivity (Wildman–Crippen MR) is 119 cm³/mol. The Morgan fingerprint density at radius 1 is 1.06 bits per heavy atom. The first-order valence-electron chi connectivity index (χ1n) is 10.3. The van der Waals surface area contributed by atoms with Crippen molar-refractivity contribution in [1.29, 1.82) is 0 Å². The maximum atomic E-state index is 15.6. The highest BCUT2D eigenvalue weighted by molar-refractivity contribution is 7.89. The van der Waals surface area contributed by atoms with E-state index in [1.165, 1.54) is 31.2 Å². The molecule has 0 atom stereocenters. The van der Waals surface area contributed by atoms with Crippen molar-refractivity contribution in [2.45, 2.75) is 32.5 Å². The molecule has 3 heterocycles. The molecule has 184 valence electrons. The van der Waals surface area contributed by atoms with Gasteiger partial charge in [0, 0.05) is 17.1 Å². The Bertz CT molecular complexity index is 1650. The van der Waals surface area contributed by atoms with Crippen LogP contribution in [-0.4, -0.2) is 33.4 Å². The smallest absolute Gasteiger partial charge is 0.369 e. The lowest BCUT2D eigenvalue weighted by atomic mass is 9.90. The lowest BCUT2D eigenvalue weighted by Gasteiger charge is -2.36. The summed E-state index contributed by atoms with van der Waals surface area (Å²) in [5.41, 5.74) is -5.24. The van der Waals surface area contributed by atoms with E-state index in [0.717, 1.165) is 21.0 Å². The van der Waals surface area contributed by atoms with Gasteiger partial charge in [0.25, 0.3) is 0 Å². The molecule has 0 unspecified atom stereocenters. The molecule has 0 aliphatic carbocycles.